The number of benzene rings is 1. The molecule has 0 aliphatic heterocycles. The lowest BCUT2D eigenvalue weighted by Gasteiger charge is -2.07. The van der Waals surface area contributed by atoms with E-state index in [4.69, 9.17) is 13.9 Å². The average Bonchev–Trinajstić information content (AvgIpc) is 3.36. The molecule has 12 heteroatoms. The number of rotatable bonds is 8. The van der Waals surface area contributed by atoms with Gasteiger partial charge in [0.25, 0.3) is 5.89 Å². The zero-order valence-corrected chi connectivity index (χ0v) is 20.0. The van der Waals surface area contributed by atoms with Crippen molar-refractivity contribution in [3.05, 3.63) is 52.2 Å². The molecular weight excluding hydrogens is 482 g/mol. The number of aromatic nitrogens is 2. The van der Waals surface area contributed by atoms with E-state index in [9.17, 15) is 18.0 Å². The number of carbonyl (C=O) groups excluding carboxylic acids is 2. The summed E-state index contributed by atoms with van der Waals surface area (Å²) in [5.41, 5.74) is 1.17. The summed E-state index contributed by atoms with van der Waals surface area (Å²) in [6.45, 7) is -0.123. The third-order valence-electron chi connectivity index (χ3n) is 5.20. The lowest BCUT2D eigenvalue weighted by Crippen LogP contribution is -2.24. The highest BCUT2D eigenvalue weighted by Gasteiger charge is 2.30. The van der Waals surface area contributed by atoms with Crippen molar-refractivity contribution in [2.24, 2.45) is 0 Å². The molecule has 4 rings (SSSR count). The first kappa shape index (κ1) is 23.9. The molecule has 3 aromatic rings. The second kappa shape index (κ2) is 10.3. The Morgan fingerprint density at radius 2 is 1.88 bits per heavy atom. The van der Waals surface area contributed by atoms with Crippen molar-refractivity contribution in [1.29, 1.82) is 0 Å². The Hall–Kier alpha value is -3.25. The molecule has 2 aromatic heterocycles. The van der Waals surface area contributed by atoms with Crippen LogP contribution in [0.1, 0.15) is 46.0 Å². The van der Waals surface area contributed by atoms with Crippen LogP contribution in [0, 0.1) is 0 Å². The molecule has 0 saturated carbocycles. The summed E-state index contributed by atoms with van der Waals surface area (Å²) in [5, 5.41) is 9.41. The van der Waals surface area contributed by atoms with Crippen LogP contribution in [0.3, 0.4) is 0 Å². The molecular formula is C22H23N3O7S2. The van der Waals surface area contributed by atoms with Crippen LogP contribution >= 0.6 is 11.3 Å². The Labute approximate surface area is 200 Å². The lowest BCUT2D eigenvalue weighted by atomic mass is 10.1. The number of nitrogens with one attached hydrogen (secondary N) is 1. The zero-order chi connectivity index (χ0) is 24.1. The fourth-order valence-corrected chi connectivity index (χ4v) is 5.85. The predicted octanol–water partition coefficient (Wildman–Crippen LogP) is 3.18. The average molecular weight is 506 g/mol. The number of sulfone groups is 1. The molecule has 0 saturated heterocycles. The Bertz CT molecular complexity index is 1280. The predicted molar refractivity (Wildman–Crippen MR) is 123 cm³/mol. The summed E-state index contributed by atoms with van der Waals surface area (Å²) in [4.78, 5) is 26.0. The molecule has 0 radical (unpaired) electrons. The number of esters is 1. The number of hydrogen-bond acceptors (Lipinski definition) is 10. The van der Waals surface area contributed by atoms with Crippen LogP contribution in [0.4, 0.5) is 5.00 Å². The number of fused-ring (bicyclic) bond motifs is 1. The molecule has 0 unspecified atom stereocenters. The SMILES string of the molecule is COC(=O)c1c(NC(=O)CS(=O)(=O)c2nnc(COc3ccccc3)o2)sc2c1CCCCC2. The molecule has 10 nitrogen and oxygen atoms in total. The van der Waals surface area contributed by atoms with Crippen molar-refractivity contribution in [2.75, 3.05) is 18.2 Å². The van der Waals surface area contributed by atoms with Crippen LogP contribution < -0.4 is 10.1 Å². The maximum atomic E-state index is 12.6. The standard InChI is InChI=1S/C22H23N3O7S2/c1-30-21(27)19-15-10-6-3-7-11-16(15)33-20(19)23-17(26)13-34(28,29)22-25-24-18(32-22)12-31-14-8-4-2-5-9-14/h2,4-5,8-9H,3,6-7,10-13H2,1H3,(H,23,26). The van der Waals surface area contributed by atoms with Crippen molar-refractivity contribution in [1.82, 2.24) is 10.2 Å². The molecule has 0 spiro atoms. The molecule has 0 atom stereocenters. The molecule has 34 heavy (non-hydrogen) atoms. The van der Waals surface area contributed by atoms with Gasteiger partial charge in [-0.05, 0) is 43.4 Å². The molecule has 1 amide bonds. The van der Waals surface area contributed by atoms with Gasteiger partial charge in [-0.3, -0.25) is 4.79 Å². The minimum Gasteiger partial charge on any atom is -0.484 e. The van der Waals surface area contributed by atoms with Crippen molar-refractivity contribution < 1.29 is 31.9 Å². The summed E-state index contributed by atoms with van der Waals surface area (Å²) in [6.07, 6.45) is 4.49. The first-order chi connectivity index (χ1) is 16.4. The molecule has 0 fully saturated rings. The molecule has 1 N–H and O–H groups in total. The summed E-state index contributed by atoms with van der Waals surface area (Å²) in [7, 11) is -2.94. The van der Waals surface area contributed by atoms with Gasteiger partial charge in [-0.15, -0.1) is 16.4 Å². The van der Waals surface area contributed by atoms with Gasteiger partial charge in [-0.1, -0.05) is 29.7 Å². The van der Waals surface area contributed by atoms with Crippen molar-refractivity contribution >= 4 is 38.1 Å². The fraction of sp³-hybridized carbons (Fsp3) is 0.364. The van der Waals surface area contributed by atoms with Crippen molar-refractivity contribution in [3.8, 4) is 5.75 Å². The number of hydrogen-bond donors (Lipinski definition) is 1. The Balaban J connectivity index is 1.45. The van der Waals surface area contributed by atoms with Crippen LogP contribution in [0.15, 0.2) is 40.0 Å². The van der Waals surface area contributed by atoms with E-state index >= 15 is 0 Å². The van der Waals surface area contributed by atoms with Gasteiger partial charge < -0.3 is 19.2 Å². The van der Waals surface area contributed by atoms with Gasteiger partial charge in [0.05, 0.1) is 12.7 Å². The molecule has 2 heterocycles. The number of amides is 1. The van der Waals surface area contributed by atoms with Gasteiger partial charge in [0.1, 0.15) is 16.5 Å². The van der Waals surface area contributed by atoms with Crippen LogP contribution in [0.2, 0.25) is 0 Å². The second-order valence-corrected chi connectivity index (χ2v) is 10.6. The highest BCUT2D eigenvalue weighted by Crippen LogP contribution is 2.38. The highest BCUT2D eigenvalue weighted by molar-refractivity contribution is 7.91. The quantitative estimate of drug-likeness (QED) is 0.361. The normalized spacial score (nSPS) is 13.6. The number of ether oxygens (including phenoxy) is 2. The largest absolute Gasteiger partial charge is 0.484 e. The van der Waals surface area contributed by atoms with E-state index in [0.717, 1.165) is 36.1 Å². The smallest absolute Gasteiger partial charge is 0.341 e. The van der Waals surface area contributed by atoms with E-state index < -0.39 is 32.7 Å². The number of nitrogens with zero attached hydrogens (tertiary/aromatic N) is 2. The Morgan fingerprint density at radius 3 is 2.65 bits per heavy atom. The monoisotopic (exact) mass is 505 g/mol. The summed E-state index contributed by atoms with van der Waals surface area (Å²) >= 11 is 1.28. The van der Waals surface area contributed by atoms with Gasteiger partial charge in [0.15, 0.2) is 6.61 Å². The van der Waals surface area contributed by atoms with Crippen molar-refractivity contribution in [2.45, 2.75) is 43.9 Å². The summed E-state index contributed by atoms with van der Waals surface area (Å²) in [6, 6.07) is 8.86. The van der Waals surface area contributed by atoms with Gasteiger partial charge in [0.2, 0.25) is 15.7 Å². The highest BCUT2D eigenvalue weighted by atomic mass is 32.2. The Morgan fingerprint density at radius 1 is 1.12 bits per heavy atom. The molecule has 1 aliphatic rings. The number of anilines is 1. The van der Waals surface area contributed by atoms with E-state index in [1.807, 2.05) is 6.07 Å². The van der Waals surface area contributed by atoms with Gasteiger partial charge in [-0.25, -0.2) is 13.2 Å². The lowest BCUT2D eigenvalue weighted by molar-refractivity contribution is -0.113. The van der Waals surface area contributed by atoms with E-state index in [1.165, 1.54) is 18.4 Å². The maximum absolute atomic E-state index is 12.6. The Kier molecular flexibility index (Phi) is 7.27. The minimum atomic E-state index is -4.21. The third-order valence-corrected chi connectivity index (χ3v) is 7.75. The molecule has 0 bridgehead atoms. The minimum absolute atomic E-state index is 0.0437. The van der Waals surface area contributed by atoms with Gasteiger partial charge in [0, 0.05) is 4.88 Å². The third kappa shape index (κ3) is 5.45. The fourth-order valence-electron chi connectivity index (χ4n) is 3.63. The van der Waals surface area contributed by atoms with E-state index in [-0.39, 0.29) is 12.5 Å². The van der Waals surface area contributed by atoms with Crippen LogP contribution in [0.25, 0.3) is 0 Å². The van der Waals surface area contributed by atoms with Crippen LogP contribution in [-0.4, -0.2) is 43.4 Å². The summed E-state index contributed by atoms with van der Waals surface area (Å²) in [5.74, 6) is -1.78. The zero-order valence-electron chi connectivity index (χ0n) is 18.4. The van der Waals surface area contributed by atoms with Gasteiger partial charge >= 0.3 is 11.2 Å². The van der Waals surface area contributed by atoms with Crippen LogP contribution in [-0.2, 0) is 38.8 Å². The van der Waals surface area contributed by atoms with E-state index in [0.29, 0.717) is 22.7 Å². The number of thiophene rings is 1. The topological polar surface area (TPSA) is 138 Å². The van der Waals surface area contributed by atoms with Crippen LogP contribution in [0.5, 0.6) is 5.75 Å². The maximum Gasteiger partial charge on any atom is 0.341 e. The number of para-hydroxylation sites is 1. The summed E-state index contributed by atoms with van der Waals surface area (Å²) < 4.78 is 40.9. The van der Waals surface area contributed by atoms with E-state index in [2.05, 4.69) is 15.5 Å². The number of carbonyl (C=O) groups is 2. The number of methoxy groups -OCH3 is 1. The molecule has 180 valence electrons. The first-order valence-corrected chi connectivity index (χ1v) is 13.1. The molecule has 1 aliphatic carbocycles. The second-order valence-electron chi connectivity index (χ2n) is 7.63. The van der Waals surface area contributed by atoms with E-state index in [1.54, 1.807) is 24.3 Å². The first-order valence-electron chi connectivity index (χ1n) is 10.6. The number of aryl methyl sites for hydroxylation is 1. The van der Waals surface area contributed by atoms with Crippen molar-refractivity contribution in [3.63, 3.8) is 0 Å². The molecule has 1 aromatic carbocycles. The van der Waals surface area contributed by atoms with Gasteiger partial charge in [-0.2, -0.15) is 0 Å².